The number of benzene rings is 2. The number of carbonyl (C=O) groups excluding carboxylic acids is 1. The lowest BCUT2D eigenvalue weighted by molar-refractivity contribution is -0.113. The van der Waals surface area contributed by atoms with Crippen molar-refractivity contribution in [2.24, 2.45) is 7.05 Å². The third-order valence-corrected chi connectivity index (χ3v) is 6.95. The number of imidazole rings is 1. The Morgan fingerprint density at radius 2 is 1.85 bits per heavy atom. The average molecular weight is 488 g/mol. The van der Waals surface area contributed by atoms with Gasteiger partial charge < -0.3 is 19.9 Å². The van der Waals surface area contributed by atoms with Crippen LogP contribution in [0.25, 0.3) is 11.0 Å². The van der Waals surface area contributed by atoms with Crippen molar-refractivity contribution in [1.82, 2.24) is 24.7 Å². The number of para-hydroxylation sites is 1. The van der Waals surface area contributed by atoms with Gasteiger partial charge in [0, 0.05) is 12.7 Å². The molecular formula is C20H21N7O4S2. The summed E-state index contributed by atoms with van der Waals surface area (Å²) in [5, 5.41) is 11.5. The Labute approximate surface area is 193 Å². The van der Waals surface area contributed by atoms with E-state index >= 15 is 0 Å². The highest BCUT2D eigenvalue weighted by molar-refractivity contribution is 7.99. The van der Waals surface area contributed by atoms with Gasteiger partial charge in [0.05, 0.1) is 35.3 Å². The van der Waals surface area contributed by atoms with Crippen LogP contribution in [0.3, 0.4) is 0 Å². The molecule has 0 spiro atoms. The Morgan fingerprint density at radius 1 is 1.12 bits per heavy atom. The first-order valence-electron chi connectivity index (χ1n) is 9.76. The highest BCUT2D eigenvalue weighted by Gasteiger charge is 2.21. The predicted molar refractivity (Wildman–Crippen MR) is 127 cm³/mol. The van der Waals surface area contributed by atoms with Crippen molar-refractivity contribution in [3.8, 4) is 0 Å². The van der Waals surface area contributed by atoms with Crippen LogP contribution in [0, 0.1) is 0 Å². The van der Waals surface area contributed by atoms with Crippen LogP contribution < -0.4 is 15.3 Å². The zero-order chi connectivity index (χ0) is 23.6. The summed E-state index contributed by atoms with van der Waals surface area (Å²) in [6.07, 6.45) is 1.14. The number of nitrogens with one attached hydrogen (secondary N) is 3. The number of nitrogens with zero attached hydrogens (tertiary/aromatic N) is 4. The van der Waals surface area contributed by atoms with Crippen molar-refractivity contribution < 1.29 is 13.2 Å². The minimum Gasteiger partial charge on any atom is -0.325 e. The molecule has 4 rings (SSSR count). The second-order valence-corrected chi connectivity index (χ2v) is 10.1. The molecule has 33 heavy (non-hydrogen) atoms. The summed E-state index contributed by atoms with van der Waals surface area (Å²) < 4.78 is 27.5. The molecule has 13 heteroatoms. The molecule has 0 aliphatic rings. The lowest BCUT2D eigenvalue weighted by Crippen LogP contribution is -2.30. The Balaban J connectivity index is 1.41. The van der Waals surface area contributed by atoms with Gasteiger partial charge in [-0.25, -0.2) is 13.2 Å². The Hall–Kier alpha value is -3.58. The molecule has 0 bridgehead atoms. The highest BCUT2D eigenvalue weighted by atomic mass is 32.2. The van der Waals surface area contributed by atoms with Gasteiger partial charge in [-0.3, -0.25) is 9.10 Å². The van der Waals surface area contributed by atoms with E-state index in [1.807, 2.05) is 6.07 Å². The van der Waals surface area contributed by atoms with E-state index in [0.29, 0.717) is 33.4 Å². The minimum absolute atomic E-state index is 0.00792. The molecule has 0 fully saturated rings. The number of sulfonamides is 1. The van der Waals surface area contributed by atoms with E-state index in [9.17, 15) is 18.0 Å². The fraction of sp³-hybridized carbons (Fsp3) is 0.200. The molecular weight excluding hydrogens is 466 g/mol. The summed E-state index contributed by atoms with van der Waals surface area (Å²) >= 11 is 1.18. The number of thioether (sulfide) groups is 1. The normalized spacial score (nSPS) is 11.6. The van der Waals surface area contributed by atoms with Gasteiger partial charge in [-0.2, -0.15) is 0 Å². The SMILES string of the molecule is Cn1c(CN(c2ccccc2)S(C)(=O)=O)nnc1SCC(=O)Nc1ccc2[nH]c(=O)[nH]c2c1. The van der Waals surface area contributed by atoms with Gasteiger partial charge in [0.15, 0.2) is 11.0 Å². The molecule has 0 atom stereocenters. The van der Waals surface area contributed by atoms with Crippen LogP contribution >= 0.6 is 11.8 Å². The van der Waals surface area contributed by atoms with Crippen LogP contribution in [0.5, 0.6) is 0 Å². The van der Waals surface area contributed by atoms with Crippen LogP contribution in [-0.2, 0) is 28.4 Å². The number of fused-ring (bicyclic) bond motifs is 1. The largest absolute Gasteiger partial charge is 0.325 e. The summed E-state index contributed by atoms with van der Waals surface area (Å²) in [6.45, 7) is 0.00792. The number of carbonyl (C=O) groups is 1. The van der Waals surface area contributed by atoms with E-state index in [2.05, 4.69) is 25.5 Å². The van der Waals surface area contributed by atoms with Crippen LogP contribution in [0.1, 0.15) is 5.82 Å². The summed E-state index contributed by atoms with van der Waals surface area (Å²) in [5.41, 5.74) is 2.00. The maximum Gasteiger partial charge on any atom is 0.323 e. The molecule has 2 heterocycles. The Morgan fingerprint density at radius 3 is 2.58 bits per heavy atom. The van der Waals surface area contributed by atoms with Gasteiger partial charge in [-0.15, -0.1) is 10.2 Å². The smallest absolute Gasteiger partial charge is 0.323 e. The number of hydrogen-bond donors (Lipinski definition) is 3. The number of aromatic nitrogens is 5. The average Bonchev–Trinajstić information content (AvgIpc) is 3.31. The van der Waals surface area contributed by atoms with Gasteiger partial charge in [0.25, 0.3) is 0 Å². The summed E-state index contributed by atoms with van der Waals surface area (Å²) in [7, 11) is -1.82. The van der Waals surface area contributed by atoms with Gasteiger partial charge in [0.2, 0.25) is 15.9 Å². The molecule has 2 aromatic carbocycles. The molecule has 0 saturated carbocycles. The quantitative estimate of drug-likeness (QED) is 0.321. The van der Waals surface area contributed by atoms with E-state index in [0.717, 1.165) is 6.26 Å². The molecule has 1 amide bonds. The molecule has 0 radical (unpaired) electrons. The zero-order valence-electron chi connectivity index (χ0n) is 17.8. The van der Waals surface area contributed by atoms with Crippen molar-refractivity contribution in [3.05, 3.63) is 64.8 Å². The van der Waals surface area contributed by atoms with E-state index in [1.54, 1.807) is 54.1 Å². The van der Waals surface area contributed by atoms with Gasteiger partial charge >= 0.3 is 5.69 Å². The lowest BCUT2D eigenvalue weighted by Gasteiger charge is -2.21. The van der Waals surface area contributed by atoms with E-state index in [4.69, 9.17) is 0 Å². The molecule has 0 aliphatic heterocycles. The molecule has 2 aromatic heterocycles. The summed E-state index contributed by atoms with van der Waals surface area (Å²) in [6, 6.07) is 13.8. The van der Waals surface area contributed by atoms with Crippen molar-refractivity contribution in [1.29, 1.82) is 0 Å². The van der Waals surface area contributed by atoms with Gasteiger partial charge in [0.1, 0.15) is 0 Å². The van der Waals surface area contributed by atoms with E-state index in [-0.39, 0.29) is 23.9 Å². The molecule has 0 saturated heterocycles. The van der Waals surface area contributed by atoms with E-state index < -0.39 is 10.0 Å². The monoisotopic (exact) mass is 487 g/mol. The predicted octanol–water partition coefficient (Wildman–Crippen LogP) is 1.68. The fourth-order valence-electron chi connectivity index (χ4n) is 3.17. The number of amides is 1. The number of anilines is 2. The topological polar surface area (TPSA) is 146 Å². The first-order valence-corrected chi connectivity index (χ1v) is 12.6. The summed E-state index contributed by atoms with van der Waals surface area (Å²) in [5.74, 6) is 0.250. The van der Waals surface area contributed by atoms with Crippen molar-refractivity contribution in [3.63, 3.8) is 0 Å². The molecule has 172 valence electrons. The number of hydrogen-bond acceptors (Lipinski definition) is 7. The standard InChI is InChI=1S/C20H21N7O4S2/c1-26-17(11-27(33(2,30)31)14-6-4-3-5-7-14)24-25-20(26)32-12-18(28)21-13-8-9-15-16(10-13)23-19(29)22-15/h3-10H,11-12H2,1-2H3,(H,21,28)(H2,22,23,29). The molecule has 0 aliphatic carbocycles. The number of H-pyrrole nitrogens is 2. The Kier molecular flexibility index (Phi) is 6.24. The molecule has 4 aromatic rings. The third-order valence-electron chi connectivity index (χ3n) is 4.79. The first-order chi connectivity index (χ1) is 15.7. The van der Waals surface area contributed by atoms with Gasteiger partial charge in [-0.1, -0.05) is 30.0 Å². The third kappa shape index (κ3) is 5.26. The number of aromatic amines is 2. The van der Waals surface area contributed by atoms with Crippen molar-refractivity contribution in [2.75, 3.05) is 21.6 Å². The van der Waals surface area contributed by atoms with Crippen LogP contribution in [0.15, 0.2) is 58.5 Å². The number of rotatable bonds is 8. The van der Waals surface area contributed by atoms with Crippen molar-refractivity contribution in [2.45, 2.75) is 11.7 Å². The Bertz CT molecular complexity index is 1460. The maximum absolute atomic E-state index is 12.4. The van der Waals surface area contributed by atoms with Gasteiger partial charge in [-0.05, 0) is 30.3 Å². The molecule has 0 unspecified atom stereocenters. The lowest BCUT2D eigenvalue weighted by atomic mass is 10.3. The van der Waals surface area contributed by atoms with Crippen LogP contribution in [-0.4, -0.2) is 51.1 Å². The minimum atomic E-state index is -3.54. The molecule has 11 nitrogen and oxygen atoms in total. The first kappa shape index (κ1) is 22.6. The van der Waals surface area contributed by atoms with Crippen LogP contribution in [0.4, 0.5) is 11.4 Å². The molecule has 3 N–H and O–H groups in total. The second-order valence-electron chi connectivity index (χ2n) is 7.24. The second kappa shape index (κ2) is 9.11. The maximum atomic E-state index is 12.4. The van der Waals surface area contributed by atoms with Crippen molar-refractivity contribution >= 4 is 50.1 Å². The fourth-order valence-corrected chi connectivity index (χ4v) is 4.75. The highest BCUT2D eigenvalue weighted by Crippen LogP contribution is 2.22. The summed E-state index contributed by atoms with van der Waals surface area (Å²) in [4.78, 5) is 29.0. The zero-order valence-corrected chi connectivity index (χ0v) is 19.4. The van der Waals surface area contributed by atoms with Crippen LogP contribution in [0.2, 0.25) is 0 Å². The van der Waals surface area contributed by atoms with E-state index in [1.165, 1.54) is 16.1 Å².